The normalized spacial score (nSPS) is 11.6. The average molecular weight is 399 g/mol. The van der Waals surface area contributed by atoms with Gasteiger partial charge in [-0.15, -0.1) is 0 Å². The molecular weight excluding hydrogens is 368 g/mol. The summed E-state index contributed by atoms with van der Waals surface area (Å²) in [5, 5.41) is 5.69. The maximum Gasteiger partial charge on any atom is 0.265 e. The van der Waals surface area contributed by atoms with Crippen molar-refractivity contribution >= 4 is 17.5 Å². The van der Waals surface area contributed by atoms with E-state index in [9.17, 15) is 9.59 Å². The third-order valence-corrected chi connectivity index (χ3v) is 4.38. The van der Waals surface area contributed by atoms with Crippen LogP contribution in [0.1, 0.15) is 41.3 Å². The van der Waals surface area contributed by atoms with E-state index >= 15 is 0 Å². The molecule has 0 heterocycles. The highest BCUT2D eigenvalue weighted by Crippen LogP contribution is 2.20. The van der Waals surface area contributed by atoms with Crippen LogP contribution in [-0.4, -0.2) is 38.2 Å². The molecule has 0 saturated heterocycles. The molecule has 2 N–H and O–H groups in total. The summed E-state index contributed by atoms with van der Waals surface area (Å²) in [7, 11) is 1.62. The topological polar surface area (TPSA) is 76.7 Å². The molecule has 29 heavy (non-hydrogen) atoms. The van der Waals surface area contributed by atoms with Gasteiger partial charge in [-0.2, -0.15) is 0 Å². The summed E-state index contributed by atoms with van der Waals surface area (Å²) in [6.07, 6.45) is 0.567. The van der Waals surface area contributed by atoms with Crippen LogP contribution in [0.15, 0.2) is 42.5 Å². The first kappa shape index (κ1) is 22.4. The van der Waals surface area contributed by atoms with Gasteiger partial charge in [0.2, 0.25) is 0 Å². The Labute approximate surface area is 172 Å². The summed E-state index contributed by atoms with van der Waals surface area (Å²) in [5.74, 6) is 0.139. The molecule has 0 saturated carbocycles. The summed E-state index contributed by atoms with van der Waals surface area (Å²) in [6, 6.07) is 12.8. The van der Waals surface area contributed by atoms with Crippen LogP contribution in [0.25, 0.3) is 0 Å². The molecule has 1 atom stereocenters. The number of anilines is 1. The Hall–Kier alpha value is -2.86. The summed E-state index contributed by atoms with van der Waals surface area (Å²) in [4.78, 5) is 25.3. The molecule has 2 aromatic rings. The zero-order chi connectivity index (χ0) is 21.2. The minimum atomic E-state index is -0.658. The van der Waals surface area contributed by atoms with Gasteiger partial charge in [-0.3, -0.25) is 9.59 Å². The SMILES string of the molecule is CC[C@H](Oc1cc(C)cc(C)c1)C(=O)Nc1ccccc1C(=O)NCCCOC. The Morgan fingerprint density at radius 3 is 2.41 bits per heavy atom. The molecule has 2 amide bonds. The molecular formula is C23H30N2O4. The van der Waals surface area contributed by atoms with E-state index in [0.717, 1.165) is 17.5 Å². The van der Waals surface area contributed by atoms with Gasteiger partial charge in [0, 0.05) is 20.3 Å². The van der Waals surface area contributed by atoms with Crippen molar-refractivity contribution in [2.24, 2.45) is 0 Å². The largest absolute Gasteiger partial charge is 0.481 e. The highest BCUT2D eigenvalue weighted by atomic mass is 16.5. The number of benzene rings is 2. The van der Waals surface area contributed by atoms with E-state index in [4.69, 9.17) is 9.47 Å². The summed E-state index contributed by atoms with van der Waals surface area (Å²) >= 11 is 0. The first-order chi connectivity index (χ1) is 13.9. The molecule has 0 fully saturated rings. The number of hydrogen-bond donors (Lipinski definition) is 2. The lowest BCUT2D eigenvalue weighted by Gasteiger charge is -2.19. The third-order valence-electron chi connectivity index (χ3n) is 4.38. The number of carbonyl (C=O) groups is 2. The molecule has 0 aliphatic rings. The molecule has 0 radical (unpaired) electrons. The van der Waals surface area contributed by atoms with Crippen LogP contribution in [0.2, 0.25) is 0 Å². The van der Waals surface area contributed by atoms with Gasteiger partial charge in [0.15, 0.2) is 6.10 Å². The molecule has 2 rings (SSSR count). The second kappa shape index (κ2) is 11.2. The second-order valence-corrected chi connectivity index (χ2v) is 6.98. The van der Waals surface area contributed by atoms with Crippen LogP contribution in [0, 0.1) is 13.8 Å². The number of aryl methyl sites for hydroxylation is 2. The minimum Gasteiger partial charge on any atom is -0.481 e. The smallest absolute Gasteiger partial charge is 0.265 e. The molecule has 0 bridgehead atoms. The van der Waals surface area contributed by atoms with E-state index in [1.807, 2.05) is 32.9 Å². The second-order valence-electron chi connectivity index (χ2n) is 6.98. The standard InChI is InChI=1S/C23H30N2O4/c1-5-21(29-18-14-16(2)13-17(3)15-18)23(27)25-20-10-7-6-9-19(20)22(26)24-11-8-12-28-4/h6-7,9-10,13-15,21H,5,8,11-12H2,1-4H3,(H,24,26)(H,25,27)/t21-/m0/s1. The zero-order valence-electron chi connectivity index (χ0n) is 17.6. The molecule has 6 nitrogen and oxygen atoms in total. The summed E-state index contributed by atoms with van der Waals surface area (Å²) in [6.45, 7) is 6.95. The molecule has 0 unspecified atom stereocenters. The number of amides is 2. The van der Waals surface area contributed by atoms with Crippen LogP contribution >= 0.6 is 0 Å². The molecule has 2 aromatic carbocycles. The summed E-state index contributed by atoms with van der Waals surface area (Å²) in [5.41, 5.74) is 3.03. The van der Waals surface area contributed by atoms with E-state index in [-0.39, 0.29) is 11.8 Å². The molecule has 156 valence electrons. The lowest BCUT2D eigenvalue weighted by Crippen LogP contribution is -2.33. The van der Waals surface area contributed by atoms with Crippen molar-refractivity contribution < 1.29 is 19.1 Å². The number of para-hydroxylation sites is 1. The number of nitrogens with one attached hydrogen (secondary N) is 2. The predicted octanol–water partition coefficient (Wildman–Crippen LogP) is 3.87. The first-order valence-electron chi connectivity index (χ1n) is 9.86. The molecule has 0 aliphatic heterocycles. The van der Waals surface area contributed by atoms with E-state index < -0.39 is 6.10 Å². The lowest BCUT2D eigenvalue weighted by molar-refractivity contribution is -0.122. The quantitative estimate of drug-likeness (QED) is 0.596. The third kappa shape index (κ3) is 6.91. The fourth-order valence-electron chi connectivity index (χ4n) is 3.00. The number of ether oxygens (including phenoxy) is 2. The average Bonchev–Trinajstić information content (AvgIpc) is 2.69. The Balaban J connectivity index is 2.07. The number of hydrogen-bond acceptors (Lipinski definition) is 4. The van der Waals surface area contributed by atoms with Crippen LogP contribution in [0.4, 0.5) is 5.69 Å². The Bertz CT molecular complexity index is 815. The van der Waals surface area contributed by atoms with Gasteiger partial charge in [0.05, 0.1) is 11.3 Å². The van der Waals surface area contributed by atoms with Crippen LogP contribution in [0.3, 0.4) is 0 Å². The van der Waals surface area contributed by atoms with Gasteiger partial charge in [-0.25, -0.2) is 0 Å². The van der Waals surface area contributed by atoms with Crippen molar-refractivity contribution in [2.75, 3.05) is 25.6 Å². The van der Waals surface area contributed by atoms with Gasteiger partial charge < -0.3 is 20.1 Å². The van der Waals surface area contributed by atoms with Crippen molar-refractivity contribution in [3.8, 4) is 5.75 Å². The van der Waals surface area contributed by atoms with Crippen LogP contribution in [0.5, 0.6) is 5.75 Å². The maximum absolute atomic E-state index is 12.8. The van der Waals surface area contributed by atoms with E-state index in [2.05, 4.69) is 16.7 Å². The van der Waals surface area contributed by atoms with Crippen LogP contribution < -0.4 is 15.4 Å². The first-order valence-corrected chi connectivity index (χ1v) is 9.86. The fraction of sp³-hybridized carbons (Fsp3) is 0.391. The van der Waals surface area contributed by atoms with E-state index in [0.29, 0.717) is 36.6 Å². The molecule has 6 heteroatoms. The number of rotatable bonds is 10. The van der Waals surface area contributed by atoms with E-state index in [1.54, 1.807) is 31.4 Å². The van der Waals surface area contributed by atoms with Crippen molar-refractivity contribution in [3.05, 3.63) is 59.2 Å². The lowest BCUT2D eigenvalue weighted by atomic mass is 10.1. The Morgan fingerprint density at radius 1 is 1.07 bits per heavy atom. The Morgan fingerprint density at radius 2 is 1.76 bits per heavy atom. The predicted molar refractivity (Wildman–Crippen MR) is 115 cm³/mol. The van der Waals surface area contributed by atoms with Gasteiger partial charge in [-0.05, 0) is 62.1 Å². The van der Waals surface area contributed by atoms with Crippen LogP contribution in [-0.2, 0) is 9.53 Å². The minimum absolute atomic E-state index is 0.236. The molecule has 0 aromatic heterocycles. The number of methoxy groups -OCH3 is 1. The molecule has 0 aliphatic carbocycles. The highest BCUT2D eigenvalue weighted by Gasteiger charge is 2.21. The fourth-order valence-corrected chi connectivity index (χ4v) is 3.00. The van der Waals surface area contributed by atoms with Gasteiger partial charge in [0.25, 0.3) is 11.8 Å². The maximum atomic E-state index is 12.8. The Kier molecular flexibility index (Phi) is 8.68. The van der Waals surface area contributed by atoms with Crippen molar-refractivity contribution in [2.45, 2.75) is 39.7 Å². The monoisotopic (exact) mass is 398 g/mol. The highest BCUT2D eigenvalue weighted by molar-refractivity contribution is 6.04. The van der Waals surface area contributed by atoms with Crippen molar-refractivity contribution in [3.63, 3.8) is 0 Å². The van der Waals surface area contributed by atoms with Gasteiger partial charge in [-0.1, -0.05) is 25.1 Å². The van der Waals surface area contributed by atoms with Crippen molar-refractivity contribution in [1.82, 2.24) is 5.32 Å². The zero-order valence-corrected chi connectivity index (χ0v) is 17.6. The van der Waals surface area contributed by atoms with Crippen molar-refractivity contribution in [1.29, 1.82) is 0 Å². The number of carbonyl (C=O) groups excluding carboxylic acids is 2. The summed E-state index contributed by atoms with van der Waals surface area (Å²) < 4.78 is 10.9. The molecule has 0 spiro atoms. The van der Waals surface area contributed by atoms with E-state index in [1.165, 1.54) is 0 Å². The van der Waals surface area contributed by atoms with Gasteiger partial charge >= 0.3 is 0 Å². The van der Waals surface area contributed by atoms with Gasteiger partial charge in [0.1, 0.15) is 5.75 Å².